The molecule has 0 radical (unpaired) electrons. The maximum absolute atomic E-state index is 12.3. The number of nitrogens with one attached hydrogen (secondary N) is 1. The van der Waals surface area contributed by atoms with Crippen molar-refractivity contribution in [1.82, 2.24) is 5.32 Å². The number of carbonyl (C=O) groups is 1. The van der Waals surface area contributed by atoms with Crippen molar-refractivity contribution in [3.05, 3.63) is 11.3 Å². The average molecular weight is 264 g/mol. The lowest BCUT2D eigenvalue weighted by Crippen LogP contribution is -2.43. The third kappa shape index (κ3) is 2.99. The number of hydrogen-bond acceptors (Lipinski definition) is 4. The van der Waals surface area contributed by atoms with E-state index >= 15 is 0 Å². The van der Waals surface area contributed by atoms with Gasteiger partial charge in [-0.2, -0.15) is 0 Å². The van der Waals surface area contributed by atoms with Crippen LogP contribution in [0.15, 0.2) is 16.3 Å². The third-order valence-electron chi connectivity index (χ3n) is 4.08. The van der Waals surface area contributed by atoms with Crippen LogP contribution in [0, 0.1) is 11.8 Å². The molecule has 1 heterocycles. The van der Waals surface area contributed by atoms with Crippen molar-refractivity contribution in [2.75, 3.05) is 0 Å². The summed E-state index contributed by atoms with van der Waals surface area (Å²) in [5, 5.41) is 13.5. The summed E-state index contributed by atoms with van der Waals surface area (Å²) in [4.78, 5) is 16.8. The van der Waals surface area contributed by atoms with Crippen LogP contribution in [0.5, 0.6) is 0 Å². The molecule has 0 bridgehead atoms. The van der Waals surface area contributed by atoms with Gasteiger partial charge in [0.05, 0.1) is 11.6 Å². The van der Waals surface area contributed by atoms with E-state index in [9.17, 15) is 9.90 Å². The Morgan fingerprint density at radius 3 is 2.53 bits per heavy atom. The van der Waals surface area contributed by atoms with E-state index in [1.54, 1.807) is 0 Å². The highest BCUT2D eigenvalue weighted by Gasteiger charge is 2.33. The summed E-state index contributed by atoms with van der Waals surface area (Å²) >= 11 is 0. The second-order valence-electron chi connectivity index (χ2n) is 6.27. The van der Waals surface area contributed by atoms with Crippen LogP contribution in [0.4, 0.5) is 0 Å². The molecule has 2 N–H and O–H groups in total. The molecule has 0 aromatic carbocycles. The lowest BCUT2D eigenvalue weighted by Gasteiger charge is -2.30. The first-order valence-electron chi connectivity index (χ1n) is 7.18. The summed E-state index contributed by atoms with van der Waals surface area (Å²) in [6.45, 7) is 8.31. The van der Waals surface area contributed by atoms with Gasteiger partial charge >= 0.3 is 0 Å². The zero-order chi connectivity index (χ0) is 14.2. The number of nitrogens with zero attached hydrogens (tertiary/aromatic N) is 1. The van der Waals surface area contributed by atoms with Gasteiger partial charge in [-0.15, -0.1) is 0 Å². The molecule has 1 aliphatic heterocycles. The fraction of sp³-hybridized carbons (Fsp3) is 0.733. The van der Waals surface area contributed by atoms with Gasteiger partial charge in [0.15, 0.2) is 5.78 Å². The van der Waals surface area contributed by atoms with Gasteiger partial charge in [-0.1, -0.05) is 13.8 Å². The number of aliphatic hydroxyl groups is 1. The predicted molar refractivity (Wildman–Crippen MR) is 76.3 cm³/mol. The average Bonchev–Trinajstić information content (AvgIpc) is 2.26. The molecule has 0 amide bonds. The van der Waals surface area contributed by atoms with E-state index in [-0.39, 0.29) is 23.5 Å². The molecule has 0 saturated carbocycles. The molecule has 0 spiro atoms. The molecule has 3 unspecified atom stereocenters. The zero-order valence-corrected chi connectivity index (χ0v) is 12.2. The van der Waals surface area contributed by atoms with Crippen molar-refractivity contribution in [1.29, 1.82) is 0 Å². The maximum Gasteiger partial charge on any atom is 0.170 e. The van der Waals surface area contributed by atoms with Crippen molar-refractivity contribution in [2.45, 2.75) is 59.0 Å². The Bertz CT molecular complexity index is 437. The lowest BCUT2D eigenvalue weighted by atomic mass is 9.80. The Hall–Kier alpha value is -1.32. The van der Waals surface area contributed by atoms with Crippen molar-refractivity contribution < 1.29 is 9.90 Å². The van der Waals surface area contributed by atoms with Gasteiger partial charge in [0.25, 0.3) is 0 Å². The minimum atomic E-state index is 0.0231. The Balaban J connectivity index is 2.28. The largest absolute Gasteiger partial charge is 0.511 e. The summed E-state index contributed by atoms with van der Waals surface area (Å²) in [5.41, 5.74) is 0.426. The molecule has 0 saturated heterocycles. The molecule has 106 valence electrons. The smallest absolute Gasteiger partial charge is 0.170 e. The predicted octanol–water partition coefficient (Wildman–Crippen LogP) is 2.60. The third-order valence-corrected chi connectivity index (χ3v) is 4.08. The molecule has 3 atom stereocenters. The van der Waals surface area contributed by atoms with Crippen molar-refractivity contribution in [3.63, 3.8) is 0 Å². The Kier molecular flexibility index (Phi) is 3.97. The SMILES string of the molecule is CC1CC(C)NC(C2=C(O)CC(C(C)C)CC2=O)=N1. The van der Waals surface area contributed by atoms with Crippen LogP contribution in [0.2, 0.25) is 0 Å². The second kappa shape index (κ2) is 5.35. The van der Waals surface area contributed by atoms with Crippen LogP contribution >= 0.6 is 0 Å². The molecule has 0 fully saturated rings. The number of aliphatic imine (C=N–C) groups is 1. The summed E-state index contributed by atoms with van der Waals surface area (Å²) in [7, 11) is 0. The Morgan fingerprint density at radius 1 is 1.32 bits per heavy atom. The first kappa shape index (κ1) is 14.1. The van der Waals surface area contributed by atoms with Crippen LogP contribution in [-0.4, -0.2) is 28.8 Å². The van der Waals surface area contributed by atoms with Crippen LogP contribution in [0.1, 0.15) is 47.0 Å². The fourth-order valence-corrected chi connectivity index (χ4v) is 2.91. The number of carbonyl (C=O) groups excluding carboxylic acids is 1. The van der Waals surface area contributed by atoms with E-state index in [2.05, 4.69) is 31.1 Å². The molecule has 0 aromatic rings. The zero-order valence-electron chi connectivity index (χ0n) is 12.2. The Morgan fingerprint density at radius 2 is 2.00 bits per heavy atom. The molecule has 2 rings (SSSR count). The minimum absolute atomic E-state index is 0.0231. The van der Waals surface area contributed by atoms with Crippen LogP contribution < -0.4 is 5.32 Å². The standard InChI is InChI=1S/C15H24N2O2/c1-8(2)11-6-12(18)14(13(19)7-11)15-16-9(3)5-10(4)17-15/h8-11,18H,5-7H2,1-4H3,(H,16,17). The number of Topliss-reactive ketones (excluding diaryl/α,β-unsaturated/α-hetero) is 1. The summed E-state index contributed by atoms with van der Waals surface area (Å²) in [5.74, 6) is 1.48. The van der Waals surface area contributed by atoms with Crippen molar-refractivity contribution in [2.24, 2.45) is 16.8 Å². The number of rotatable bonds is 2. The molecular weight excluding hydrogens is 240 g/mol. The molecule has 2 aliphatic rings. The highest BCUT2D eigenvalue weighted by atomic mass is 16.3. The fourth-order valence-electron chi connectivity index (χ4n) is 2.91. The van der Waals surface area contributed by atoms with Gasteiger partial charge in [0.2, 0.25) is 0 Å². The first-order chi connectivity index (χ1) is 8.88. The number of hydrogen-bond donors (Lipinski definition) is 2. The number of aliphatic hydroxyl groups excluding tert-OH is 1. The Labute approximate surface area is 115 Å². The van der Waals surface area contributed by atoms with Crippen LogP contribution in [0.3, 0.4) is 0 Å². The van der Waals surface area contributed by atoms with Gasteiger partial charge in [-0.3, -0.25) is 9.79 Å². The highest BCUT2D eigenvalue weighted by molar-refractivity contribution is 6.22. The summed E-state index contributed by atoms with van der Waals surface area (Å²) in [6, 6.07) is 0.487. The van der Waals surface area contributed by atoms with E-state index < -0.39 is 0 Å². The van der Waals surface area contributed by atoms with E-state index in [0.717, 1.165) is 6.42 Å². The summed E-state index contributed by atoms with van der Waals surface area (Å²) < 4.78 is 0. The van der Waals surface area contributed by atoms with Gasteiger partial charge in [-0.05, 0) is 32.1 Å². The number of ketones is 1. The van der Waals surface area contributed by atoms with Gasteiger partial charge < -0.3 is 10.4 Å². The van der Waals surface area contributed by atoms with Gasteiger partial charge in [0.1, 0.15) is 11.6 Å². The van der Waals surface area contributed by atoms with Crippen molar-refractivity contribution >= 4 is 11.6 Å². The van der Waals surface area contributed by atoms with E-state index in [1.165, 1.54) is 0 Å². The summed E-state index contributed by atoms with van der Waals surface area (Å²) in [6.07, 6.45) is 2.06. The molecular formula is C15H24N2O2. The van der Waals surface area contributed by atoms with Gasteiger partial charge in [0, 0.05) is 18.9 Å². The topological polar surface area (TPSA) is 61.7 Å². The number of amidine groups is 1. The van der Waals surface area contributed by atoms with Gasteiger partial charge in [-0.25, -0.2) is 0 Å². The monoisotopic (exact) mass is 264 g/mol. The quantitative estimate of drug-likeness (QED) is 0.806. The maximum atomic E-state index is 12.3. The number of allylic oxidation sites excluding steroid dienone is 1. The normalized spacial score (nSPS) is 32.4. The minimum Gasteiger partial charge on any atom is -0.511 e. The molecule has 0 aromatic heterocycles. The molecule has 4 heteroatoms. The second-order valence-corrected chi connectivity index (χ2v) is 6.27. The first-order valence-corrected chi connectivity index (χ1v) is 7.18. The van der Waals surface area contributed by atoms with E-state index in [1.807, 2.05) is 6.92 Å². The molecule has 19 heavy (non-hydrogen) atoms. The van der Waals surface area contributed by atoms with Crippen LogP contribution in [0.25, 0.3) is 0 Å². The molecule has 4 nitrogen and oxygen atoms in total. The van der Waals surface area contributed by atoms with Crippen molar-refractivity contribution in [3.8, 4) is 0 Å². The highest BCUT2D eigenvalue weighted by Crippen LogP contribution is 2.31. The van der Waals surface area contributed by atoms with E-state index in [4.69, 9.17) is 0 Å². The lowest BCUT2D eigenvalue weighted by molar-refractivity contribution is -0.117. The molecule has 1 aliphatic carbocycles. The van der Waals surface area contributed by atoms with Crippen LogP contribution in [-0.2, 0) is 4.79 Å². The van der Waals surface area contributed by atoms with E-state index in [0.29, 0.717) is 36.2 Å².